The van der Waals surface area contributed by atoms with E-state index in [2.05, 4.69) is 26.3 Å². The molecule has 2 heterocycles. The van der Waals surface area contributed by atoms with E-state index < -0.39 is 0 Å². The summed E-state index contributed by atoms with van der Waals surface area (Å²) in [7, 11) is 0. The fourth-order valence-corrected chi connectivity index (χ4v) is 4.00. The number of hydrogen-bond donors (Lipinski definition) is 1. The Morgan fingerprint density at radius 1 is 1.10 bits per heavy atom. The van der Waals surface area contributed by atoms with Gasteiger partial charge in [-0.2, -0.15) is 5.10 Å². The van der Waals surface area contributed by atoms with Crippen molar-refractivity contribution in [3.05, 3.63) is 75.5 Å². The van der Waals surface area contributed by atoms with Crippen LogP contribution in [0.15, 0.2) is 65.4 Å². The van der Waals surface area contributed by atoms with Gasteiger partial charge in [-0.05, 0) is 47.0 Å². The van der Waals surface area contributed by atoms with Gasteiger partial charge in [0.05, 0.1) is 27.0 Å². The molecule has 1 aliphatic rings. The molecule has 4 rings (SSSR count). The summed E-state index contributed by atoms with van der Waals surface area (Å²) in [6.07, 6.45) is 4.79. The van der Waals surface area contributed by atoms with Crippen LogP contribution < -0.4 is 10.2 Å². The van der Waals surface area contributed by atoms with Crippen LogP contribution in [-0.4, -0.2) is 33.7 Å². The Kier molecular flexibility index (Phi) is 5.80. The number of aromatic nitrogens is 2. The van der Waals surface area contributed by atoms with Crippen LogP contribution in [0, 0.1) is 16.0 Å². The molecule has 0 bridgehead atoms. The van der Waals surface area contributed by atoms with Crippen molar-refractivity contribution in [2.24, 2.45) is 5.92 Å². The number of piperidine rings is 1. The summed E-state index contributed by atoms with van der Waals surface area (Å²) >= 11 is 3.39. The highest BCUT2D eigenvalue weighted by Gasteiger charge is 2.28. The summed E-state index contributed by atoms with van der Waals surface area (Å²) in [6.45, 7) is 1.19. The van der Waals surface area contributed by atoms with Gasteiger partial charge in [0.15, 0.2) is 0 Å². The Morgan fingerprint density at radius 2 is 1.77 bits per heavy atom. The Balaban J connectivity index is 1.43. The summed E-state index contributed by atoms with van der Waals surface area (Å²) in [5.74, 6) is -0.197. The number of hydrogen-bond acceptors (Lipinski definition) is 5. The van der Waals surface area contributed by atoms with Crippen molar-refractivity contribution in [1.82, 2.24) is 9.78 Å². The molecule has 3 aromatic rings. The van der Waals surface area contributed by atoms with E-state index >= 15 is 0 Å². The number of carbonyl (C=O) groups excluding carboxylic acids is 1. The number of halogens is 1. The van der Waals surface area contributed by atoms with Gasteiger partial charge in [-0.25, -0.2) is 4.68 Å². The largest absolute Gasteiger partial charge is 0.366 e. The average Bonchev–Trinajstić information content (AvgIpc) is 3.20. The van der Waals surface area contributed by atoms with Crippen molar-refractivity contribution in [1.29, 1.82) is 0 Å². The van der Waals surface area contributed by atoms with E-state index in [1.807, 2.05) is 35.4 Å². The first kappa shape index (κ1) is 20.1. The molecule has 0 atom stereocenters. The second kappa shape index (κ2) is 8.66. The van der Waals surface area contributed by atoms with E-state index in [0.29, 0.717) is 37.3 Å². The van der Waals surface area contributed by atoms with Gasteiger partial charge in [0.1, 0.15) is 5.69 Å². The number of nitro groups is 1. The monoisotopic (exact) mass is 469 g/mol. The number of carbonyl (C=O) groups is 1. The topological polar surface area (TPSA) is 93.3 Å². The predicted octanol–water partition coefficient (Wildman–Crippen LogP) is 4.40. The third-order valence-corrected chi connectivity index (χ3v) is 5.65. The minimum Gasteiger partial charge on any atom is -0.366 e. The number of anilines is 2. The van der Waals surface area contributed by atoms with Crippen molar-refractivity contribution in [3.8, 4) is 5.69 Å². The van der Waals surface area contributed by atoms with Gasteiger partial charge >= 0.3 is 0 Å². The van der Waals surface area contributed by atoms with Crippen LogP contribution in [0.2, 0.25) is 0 Å². The lowest BCUT2D eigenvalue weighted by molar-refractivity contribution is -0.384. The zero-order chi connectivity index (χ0) is 21.1. The molecule has 154 valence electrons. The number of nitrogens with zero attached hydrogens (tertiary/aromatic N) is 4. The smallest absolute Gasteiger partial charge is 0.292 e. The van der Waals surface area contributed by atoms with E-state index in [4.69, 9.17) is 0 Å². The highest BCUT2D eigenvalue weighted by molar-refractivity contribution is 9.10. The molecule has 0 spiro atoms. The molecule has 9 heteroatoms. The lowest BCUT2D eigenvalue weighted by Gasteiger charge is -2.32. The molecule has 1 saturated heterocycles. The quantitative estimate of drug-likeness (QED) is 0.441. The molecule has 1 aromatic heterocycles. The minimum atomic E-state index is -0.362. The third-order valence-electron chi connectivity index (χ3n) is 5.24. The fraction of sp³-hybridized carbons (Fsp3) is 0.238. The van der Waals surface area contributed by atoms with Crippen LogP contribution in [0.5, 0.6) is 0 Å². The van der Waals surface area contributed by atoms with Crippen molar-refractivity contribution >= 4 is 38.9 Å². The SMILES string of the molecule is O=C(Nc1ccccc1-n1cc(Br)cn1)C1CCN(c2ccccc2[N+](=O)[O-])CC1. The van der Waals surface area contributed by atoms with Crippen molar-refractivity contribution in [2.75, 3.05) is 23.3 Å². The second-order valence-corrected chi connectivity index (χ2v) is 8.03. The molecule has 0 unspecified atom stereocenters. The van der Waals surface area contributed by atoms with E-state index in [0.717, 1.165) is 10.2 Å². The molecular weight excluding hydrogens is 450 g/mol. The third kappa shape index (κ3) is 4.20. The van der Waals surface area contributed by atoms with E-state index in [-0.39, 0.29) is 22.4 Å². The van der Waals surface area contributed by atoms with E-state index in [9.17, 15) is 14.9 Å². The van der Waals surface area contributed by atoms with E-state index in [1.165, 1.54) is 6.07 Å². The average molecular weight is 470 g/mol. The first-order chi connectivity index (χ1) is 14.5. The lowest BCUT2D eigenvalue weighted by Crippen LogP contribution is -2.38. The normalized spacial score (nSPS) is 14.5. The molecule has 1 amide bonds. The molecule has 8 nitrogen and oxygen atoms in total. The predicted molar refractivity (Wildman–Crippen MR) is 118 cm³/mol. The van der Waals surface area contributed by atoms with Gasteiger partial charge in [0, 0.05) is 31.3 Å². The molecule has 1 fully saturated rings. The standard InChI is InChI=1S/C21H20BrN5O3/c22-16-13-23-26(14-16)18-6-2-1-5-17(18)24-21(28)15-9-11-25(12-10-15)19-7-3-4-8-20(19)27(29)30/h1-8,13-15H,9-12H2,(H,24,28). The number of rotatable bonds is 5. The van der Waals surface area contributed by atoms with E-state index in [1.54, 1.807) is 29.1 Å². The molecule has 0 radical (unpaired) electrons. The Bertz CT molecular complexity index is 1080. The molecule has 0 saturated carbocycles. The molecule has 1 N–H and O–H groups in total. The molecule has 0 aliphatic carbocycles. The zero-order valence-electron chi connectivity index (χ0n) is 16.1. The Labute approximate surface area is 181 Å². The maximum absolute atomic E-state index is 12.9. The van der Waals surface area contributed by atoms with Gasteiger partial charge in [-0.1, -0.05) is 24.3 Å². The number of para-hydroxylation sites is 4. The van der Waals surface area contributed by atoms with Crippen LogP contribution in [0.25, 0.3) is 5.69 Å². The summed E-state index contributed by atoms with van der Waals surface area (Å²) in [4.78, 5) is 25.8. The van der Waals surface area contributed by atoms with Gasteiger partial charge in [0.2, 0.25) is 5.91 Å². The van der Waals surface area contributed by atoms with Gasteiger partial charge in [-0.15, -0.1) is 0 Å². The highest BCUT2D eigenvalue weighted by Crippen LogP contribution is 2.31. The number of amides is 1. The Hall–Kier alpha value is -3.20. The lowest BCUT2D eigenvalue weighted by atomic mass is 9.95. The maximum atomic E-state index is 12.9. The minimum absolute atomic E-state index is 0.0455. The molecular formula is C21H20BrN5O3. The zero-order valence-corrected chi connectivity index (χ0v) is 17.7. The second-order valence-electron chi connectivity index (χ2n) is 7.12. The van der Waals surface area contributed by atoms with Gasteiger partial charge in [0.25, 0.3) is 5.69 Å². The van der Waals surface area contributed by atoms with Crippen LogP contribution in [0.3, 0.4) is 0 Å². The molecule has 2 aromatic carbocycles. The summed E-state index contributed by atoms with van der Waals surface area (Å²) < 4.78 is 2.56. The van der Waals surface area contributed by atoms with Crippen molar-refractivity contribution in [2.45, 2.75) is 12.8 Å². The van der Waals surface area contributed by atoms with Crippen molar-refractivity contribution in [3.63, 3.8) is 0 Å². The number of nitro benzene ring substituents is 1. The van der Waals surface area contributed by atoms with Gasteiger partial charge in [-0.3, -0.25) is 14.9 Å². The van der Waals surface area contributed by atoms with Crippen LogP contribution in [0.4, 0.5) is 17.1 Å². The van der Waals surface area contributed by atoms with Gasteiger partial charge < -0.3 is 10.2 Å². The first-order valence-corrected chi connectivity index (χ1v) is 10.4. The molecule has 30 heavy (non-hydrogen) atoms. The highest BCUT2D eigenvalue weighted by atomic mass is 79.9. The Morgan fingerprint density at radius 3 is 2.43 bits per heavy atom. The summed E-state index contributed by atoms with van der Waals surface area (Å²) in [5, 5.41) is 18.6. The fourth-order valence-electron chi connectivity index (χ4n) is 3.72. The van der Waals surface area contributed by atoms with Crippen LogP contribution in [-0.2, 0) is 4.79 Å². The number of benzene rings is 2. The summed E-state index contributed by atoms with van der Waals surface area (Å²) in [6, 6.07) is 14.2. The first-order valence-electron chi connectivity index (χ1n) is 9.62. The number of nitrogens with one attached hydrogen (secondary N) is 1. The maximum Gasteiger partial charge on any atom is 0.292 e. The van der Waals surface area contributed by atoms with Crippen molar-refractivity contribution < 1.29 is 9.72 Å². The van der Waals surface area contributed by atoms with Crippen LogP contribution in [0.1, 0.15) is 12.8 Å². The van der Waals surface area contributed by atoms with Crippen LogP contribution >= 0.6 is 15.9 Å². The summed E-state index contributed by atoms with van der Waals surface area (Å²) in [5.41, 5.74) is 2.18. The molecule has 1 aliphatic heterocycles.